The Kier molecular flexibility index (Phi) is 5.42. The molecule has 0 bridgehead atoms. The van der Waals surface area contributed by atoms with Gasteiger partial charge in [-0.25, -0.2) is 4.98 Å². The summed E-state index contributed by atoms with van der Waals surface area (Å²) in [4.78, 5) is 9.50. The lowest BCUT2D eigenvalue weighted by atomic mass is 9.95. The van der Waals surface area contributed by atoms with Crippen molar-refractivity contribution in [2.24, 2.45) is 0 Å². The number of para-hydroxylation sites is 3. The van der Waals surface area contributed by atoms with E-state index in [1.54, 1.807) is 0 Å². The number of hydrogen-bond donors (Lipinski definition) is 0. The second-order valence-corrected chi connectivity index (χ2v) is 8.15. The molecule has 0 aliphatic heterocycles. The predicted octanol–water partition coefficient (Wildman–Crippen LogP) is 7.94. The first-order chi connectivity index (χ1) is 15.4. The molecule has 0 atom stereocenters. The van der Waals surface area contributed by atoms with Crippen LogP contribution in [0.5, 0.6) is 0 Å². The van der Waals surface area contributed by atoms with Gasteiger partial charge >= 0.3 is 0 Å². The molecular formula is C28H29N3. The van der Waals surface area contributed by atoms with E-state index in [0.717, 1.165) is 22.3 Å². The third kappa shape index (κ3) is 3.48. The van der Waals surface area contributed by atoms with Crippen LogP contribution in [0.2, 0.25) is 0 Å². The average Bonchev–Trinajstić information content (AvgIpc) is 3.19. The summed E-state index contributed by atoms with van der Waals surface area (Å²) >= 11 is 0. The minimum absolute atomic E-state index is 0.587. The molecule has 0 amide bonds. The van der Waals surface area contributed by atoms with Crippen molar-refractivity contribution >= 4 is 32.8 Å². The molecule has 0 saturated heterocycles. The van der Waals surface area contributed by atoms with E-state index < -0.39 is 0 Å². The number of fused-ring (bicyclic) bond motifs is 4. The van der Waals surface area contributed by atoms with Gasteiger partial charge in [0.2, 0.25) is 0 Å². The number of benzene rings is 3. The summed E-state index contributed by atoms with van der Waals surface area (Å²) in [7, 11) is 0. The minimum Gasteiger partial charge on any atom is -0.337 e. The highest BCUT2D eigenvalue weighted by Crippen LogP contribution is 2.38. The van der Waals surface area contributed by atoms with Gasteiger partial charge in [-0.3, -0.25) is 4.98 Å². The number of hydrogen-bond acceptors (Lipinski definition) is 2. The number of rotatable bonds is 2. The van der Waals surface area contributed by atoms with Gasteiger partial charge in [0.25, 0.3) is 0 Å². The fourth-order valence-corrected chi connectivity index (χ4v) is 4.99. The van der Waals surface area contributed by atoms with Crippen molar-refractivity contribution in [3.63, 3.8) is 0 Å². The summed E-state index contributed by atoms with van der Waals surface area (Å²) in [5.74, 6) is 0. The second kappa shape index (κ2) is 8.50. The molecule has 5 aromatic rings. The monoisotopic (exact) mass is 407 g/mol. The summed E-state index contributed by atoms with van der Waals surface area (Å²) in [5.41, 5.74) is 6.63. The van der Waals surface area contributed by atoms with Crippen molar-refractivity contribution in [3.05, 3.63) is 72.9 Å². The molecule has 31 heavy (non-hydrogen) atoms. The zero-order valence-electron chi connectivity index (χ0n) is 18.4. The fourth-order valence-electron chi connectivity index (χ4n) is 4.99. The molecule has 3 nitrogen and oxygen atoms in total. The molecular weight excluding hydrogens is 378 g/mol. The first-order valence-corrected chi connectivity index (χ1v) is 11.6. The topological polar surface area (TPSA) is 30.7 Å². The smallest absolute Gasteiger partial charge is 0.0894 e. The third-order valence-electron chi connectivity index (χ3n) is 6.40. The van der Waals surface area contributed by atoms with Crippen molar-refractivity contribution in [2.45, 2.75) is 52.0 Å². The van der Waals surface area contributed by atoms with Crippen LogP contribution in [0.1, 0.15) is 52.0 Å². The summed E-state index contributed by atoms with van der Waals surface area (Å²) < 4.78 is 2.60. The van der Waals surface area contributed by atoms with E-state index in [1.807, 2.05) is 44.3 Å². The van der Waals surface area contributed by atoms with Crippen LogP contribution >= 0.6 is 0 Å². The van der Waals surface area contributed by atoms with Crippen molar-refractivity contribution in [3.8, 4) is 11.3 Å². The Morgan fingerprint density at radius 1 is 0.742 bits per heavy atom. The van der Waals surface area contributed by atoms with Gasteiger partial charge in [-0.1, -0.05) is 75.6 Å². The summed E-state index contributed by atoms with van der Waals surface area (Å²) in [6.45, 7) is 4.00. The van der Waals surface area contributed by atoms with Crippen molar-refractivity contribution in [1.82, 2.24) is 14.5 Å². The molecule has 2 heterocycles. The van der Waals surface area contributed by atoms with E-state index in [0.29, 0.717) is 6.04 Å². The molecule has 1 fully saturated rings. The zero-order valence-corrected chi connectivity index (χ0v) is 18.4. The molecule has 6 rings (SSSR count). The van der Waals surface area contributed by atoms with Gasteiger partial charge in [-0.15, -0.1) is 0 Å². The normalized spacial score (nSPS) is 14.6. The predicted molar refractivity (Wildman–Crippen MR) is 131 cm³/mol. The van der Waals surface area contributed by atoms with E-state index >= 15 is 0 Å². The van der Waals surface area contributed by atoms with E-state index in [-0.39, 0.29) is 0 Å². The lowest BCUT2D eigenvalue weighted by Crippen LogP contribution is -2.12. The van der Waals surface area contributed by atoms with Gasteiger partial charge < -0.3 is 4.57 Å². The second-order valence-electron chi connectivity index (χ2n) is 8.15. The van der Waals surface area contributed by atoms with Crippen LogP contribution in [0, 0.1) is 0 Å². The van der Waals surface area contributed by atoms with E-state index in [1.165, 1.54) is 53.9 Å². The molecule has 1 aliphatic carbocycles. The first kappa shape index (κ1) is 19.7. The van der Waals surface area contributed by atoms with Crippen LogP contribution in [-0.2, 0) is 0 Å². The molecule has 3 aromatic carbocycles. The highest BCUT2D eigenvalue weighted by atomic mass is 15.0. The van der Waals surface area contributed by atoms with Gasteiger partial charge in [0.05, 0.1) is 28.4 Å². The average molecular weight is 408 g/mol. The van der Waals surface area contributed by atoms with Crippen molar-refractivity contribution < 1.29 is 0 Å². The lowest BCUT2D eigenvalue weighted by molar-refractivity contribution is 0.367. The maximum absolute atomic E-state index is 4.88. The number of aromatic nitrogens is 3. The Morgan fingerprint density at radius 2 is 1.45 bits per heavy atom. The zero-order chi connectivity index (χ0) is 21.2. The van der Waals surface area contributed by atoms with Crippen molar-refractivity contribution in [1.29, 1.82) is 0 Å². The van der Waals surface area contributed by atoms with Gasteiger partial charge in [0.1, 0.15) is 0 Å². The Bertz CT molecular complexity index is 1340. The quantitative estimate of drug-likeness (QED) is 0.297. The summed E-state index contributed by atoms with van der Waals surface area (Å²) in [5, 5.41) is 2.69. The van der Waals surface area contributed by atoms with Crippen LogP contribution < -0.4 is 0 Å². The highest BCUT2D eigenvalue weighted by Gasteiger charge is 2.21. The SMILES string of the molecule is CC.c1ccc2nc(-c3ccc4c5ccccc5n(C5CCCCC5)c4c3)cnc2c1. The van der Waals surface area contributed by atoms with Crippen LogP contribution in [0.4, 0.5) is 0 Å². The molecule has 0 unspecified atom stereocenters. The van der Waals surface area contributed by atoms with Gasteiger partial charge in [0.15, 0.2) is 0 Å². The van der Waals surface area contributed by atoms with Gasteiger partial charge in [-0.2, -0.15) is 0 Å². The first-order valence-electron chi connectivity index (χ1n) is 11.6. The van der Waals surface area contributed by atoms with Crippen molar-refractivity contribution in [2.75, 3.05) is 0 Å². The van der Waals surface area contributed by atoms with Crippen LogP contribution in [-0.4, -0.2) is 14.5 Å². The largest absolute Gasteiger partial charge is 0.337 e. The Labute approximate surface area is 183 Å². The van der Waals surface area contributed by atoms with E-state index in [4.69, 9.17) is 4.98 Å². The van der Waals surface area contributed by atoms with Crippen LogP contribution in [0.3, 0.4) is 0 Å². The molecule has 0 radical (unpaired) electrons. The third-order valence-corrected chi connectivity index (χ3v) is 6.40. The maximum atomic E-state index is 4.88. The molecule has 0 spiro atoms. The Morgan fingerprint density at radius 3 is 2.29 bits per heavy atom. The van der Waals surface area contributed by atoms with Crippen LogP contribution in [0.15, 0.2) is 72.9 Å². The highest BCUT2D eigenvalue weighted by molar-refractivity contribution is 6.09. The van der Waals surface area contributed by atoms with E-state index in [9.17, 15) is 0 Å². The molecule has 3 heteroatoms. The Hall–Kier alpha value is -3.20. The van der Waals surface area contributed by atoms with E-state index in [2.05, 4.69) is 52.0 Å². The molecule has 1 saturated carbocycles. The summed E-state index contributed by atoms with van der Waals surface area (Å²) in [6.07, 6.45) is 8.47. The van der Waals surface area contributed by atoms with Crippen LogP contribution in [0.25, 0.3) is 44.1 Å². The van der Waals surface area contributed by atoms with Gasteiger partial charge in [-0.05, 0) is 37.1 Å². The van der Waals surface area contributed by atoms with Gasteiger partial charge in [0, 0.05) is 27.9 Å². The molecule has 0 N–H and O–H groups in total. The maximum Gasteiger partial charge on any atom is 0.0894 e. The lowest BCUT2D eigenvalue weighted by Gasteiger charge is -2.25. The Balaban J connectivity index is 0.000000994. The standard InChI is InChI=1S/C26H23N3.C2H6/c1-2-8-19(9-3-1)29-25-13-7-4-10-20(25)21-15-14-18(16-26(21)29)24-17-27-22-11-5-6-12-23(22)28-24;1-2/h4-7,10-17,19H,1-3,8-9H2;1-2H3. The molecule has 156 valence electrons. The molecule has 2 aromatic heterocycles. The minimum atomic E-state index is 0.587. The number of nitrogens with zero attached hydrogens (tertiary/aromatic N) is 3. The fraction of sp³-hybridized carbons (Fsp3) is 0.286. The molecule has 1 aliphatic rings. The summed E-state index contributed by atoms with van der Waals surface area (Å²) in [6, 6.07) is 24.3.